The van der Waals surface area contributed by atoms with Crippen LogP contribution in [0.25, 0.3) is 5.69 Å². The van der Waals surface area contributed by atoms with Gasteiger partial charge in [0.1, 0.15) is 0 Å². The van der Waals surface area contributed by atoms with Crippen molar-refractivity contribution < 1.29 is 29.3 Å². The maximum atomic E-state index is 13.4. The van der Waals surface area contributed by atoms with Crippen LogP contribution in [0.3, 0.4) is 0 Å². The number of benzene rings is 2. The molecule has 1 aromatic heterocycles. The first-order chi connectivity index (χ1) is 17.4. The van der Waals surface area contributed by atoms with E-state index < -0.39 is 18.0 Å². The number of amides is 1. The smallest absolute Gasteiger partial charge is 0.346 e. The van der Waals surface area contributed by atoms with Crippen molar-refractivity contribution in [2.45, 2.75) is 38.7 Å². The van der Waals surface area contributed by atoms with Crippen LogP contribution in [0.1, 0.15) is 42.2 Å². The predicted molar refractivity (Wildman–Crippen MR) is 133 cm³/mol. The third kappa shape index (κ3) is 5.32. The van der Waals surface area contributed by atoms with Crippen LogP contribution >= 0.6 is 0 Å². The molecule has 3 N–H and O–H groups in total. The molecule has 2 aromatic carbocycles. The molecule has 0 fully saturated rings. The number of carbonyl (C=O) groups is 3. The largest absolute Gasteiger partial charge is 0.481 e. The molecular formula is C26H28N4O6. The summed E-state index contributed by atoms with van der Waals surface area (Å²) >= 11 is 0. The van der Waals surface area contributed by atoms with Crippen molar-refractivity contribution >= 4 is 29.2 Å². The van der Waals surface area contributed by atoms with Gasteiger partial charge in [-0.1, -0.05) is 37.6 Å². The second-order valence-corrected chi connectivity index (χ2v) is 8.50. The molecule has 0 saturated carbocycles. The highest BCUT2D eigenvalue weighted by molar-refractivity contribution is 6.06. The lowest BCUT2D eigenvalue weighted by atomic mass is 10.1. The zero-order valence-corrected chi connectivity index (χ0v) is 19.9. The number of carbonyl (C=O) groups excluding carboxylic acids is 1. The molecule has 36 heavy (non-hydrogen) atoms. The fourth-order valence-electron chi connectivity index (χ4n) is 4.26. The van der Waals surface area contributed by atoms with Gasteiger partial charge in [-0.25, -0.2) is 9.48 Å². The first-order valence-corrected chi connectivity index (χ1v) is 11.8. The van der Waals surface area contributed by atoms with Crippen LogP contribution in [0.2, 0.25) is 0 Å². The summed E-state index contributed by atoms with van der Waals surface area (Å²) in [6, 6.07) is 14.7. The molecule has 3 aromatic rings. The van der Waals surface area contributed by atoms with Crippen molar-refractivity contribution in [2.75, 3.05) is 23.3 Å². The molecule has 1 unspecified atom stereocenters. The minimum Gasteiger partial charge on any atom is -0.481 e. The summed E-state index contributed by atoms with van der Waals surface area (Å²) < 4.78 is 7.53. The summed E-state index contributed by atoms with van der Waals surface area (Å²) in [5, 5.41) is 25.9. The minimum atomic E-state index is -1.16. The normalized spacial score (nSPS) is 14.6. The van der Waals surface area contributed by atoms with E-state index in [2.05, 4.69) is 10.4 Å². The van der Waals surface area contributed by atoms with Crippen molar-refractivity contribution in [3.63, 3.8) is 0 Å². The van der Waals surface area contributed by atoms with Crippen LogP contribution in [0.5, 0.6) is 5.75 Å². The van der Waals surface area contributed by atoms with Crippen LogP contribution in [0.4, 0.5) is 11.4 Å². The third-order valence-electron chi connectivity index (χ3n) is 5.92. The van der Waals surface area contributed by atoms with E-state index in [0.717, 1.165) is 17.8 Å². The fourth-order valence-corrected chi connectivity index (χ4v) is 4.26. The molecule has 0 bridgehead atoms. The zero-order valence-electron chi connectivity index (χ0n) is 19.9. The second kappa shape index (κ2) is 10.9. The van der Waals surface area contributed by atoms with Crippen molar-refractivity contribution in [1.82, 2.24) is 9.78 Å². The summed E-state index contributed by atoms with van der Waals surface area (Å²) in [5.41, 5.74) is 2.97. The Morgan fingerprint density at radius 3 is 2.58 bits per heavy atom. The van der Waals surface area contributed by atoms with Gasteiger partial charge in [0.15, 0.2) is 5.75 Å². The van der Waals surface area contributed by atoms with Crippen LogP contribution in [0.15, 0.2) is 54.7 Å². The van der Waals surface area contributed by atoms with Crippen LogP contribution in [0, 0.1) is 0 Å². The summed E-state index contributed by atoms with van der Waals surface area (Å²) in [7, 11) is 0. The van der Waals surface area contributed by atoms with Gasteiger partial charge in [0, 0.05) is 13.0 Å². The Hall–Kier alpha value is -4.34. The van der Waals surface area contributed by atoms with Gasteiger partial charge in [-0.05, 0) is 37.1 Å². The number of nitrogens with one attached hydrogen (secondary N) is 1. The maximum Gasteiger partial charge on any atom is 0.346 e. The van der Waals surface area contributed by atoms with Gasteiger partial charge in [-0.3, -0.25) is 9.59 Å². The van der Waals surface area contributed by atoms with Gasteiger partial charge in [-0.15, -0.1) is 0 Å². The highest BCUT2D eigenvalue weighted by Crippen LogP contribution is 2.40. The number of hydrogen-bond donors (Lipinski definition) is 3. The van der Waals surface area contributed by atoms with Gasteiger partial charge < -0.3 is 25.2 Å². The number of hydrogen-bond acceptors (Lipinski definition) is 6. The van der Waals surface area contributed by atoms with Gasteiger partial charge in [-0.2, -0.15) is 5.10 Å². The highest BCUT2D eigenvalue weighted by atomic mass is 16.5. The average Bonchev–Trinajstić information content (AvgIpc) is 3.28. The Balaban J connectivity index is 1.63. The SMILES string of the molecule is CCCc1c(C(=O)Nc2cccc3c2OC(C(=O)O)CN3CCCC(=O)O)cnn1-c1ccccc1. The van der Waals surface area contributed by atoms with Gasteiger partial charge in [0.05, 0.1) is 41.1 Å². The number of carboxylic acids is 2. The third-order valence-corrected chi connectivity index (χ3v) is 5.92. The molecular weight excluding hydrogens is 464 g/mol. The van der Waals surface area contributed by atoms with E-state index in [1.807, 2.05) is 37.3 Å². The molecule has 1 aliphatic rings. The number of nitrogens with zero attached hydrogens (tertiary/aromatic N) is 3. The van der Waals surface area contributed by atoms with Gasteiger partial charge in [0.2, 0.25) is 6.10 Å². The molecule has 0 radical (unpaired) electrons. The molecule has 0 spiro atoms. The van der Waals surface area contributed by atoms with Gasteiger partial charge >= 0.3 is 11.9 Å². The van der Waals surface area contributed by atoms with E-state index in [0.29, 0.717) is 36.3 Å². The maximum absolute atomic E-state index is 13.4. The number of aliphatic carboxylic acids is 2. The van der Waals surface area contributed by atoms with Crippen molar-refractivity contribution in [3.8, 4) is 11.4 Å². The van der Waals surface area contributed by atoms with E-state index in [4.69, 9.17) is 9.84 Å². The van der Waals surface area contributed by atoms with E-state index >= 15 is 0 Å². The molecule has 0 saturated heterocycles. The minimum absolute atomic E-state index is 0.0353. The first kappa shape index (κ1) is 24.8. The van der Waals surface area contributed by atoms with Gasteiger partial charge in [0.25, 0.3) is 5.91 Å². The molecule has 188 valence electrons. The number of para-hydroxylation sites is 2. The van der Waals surface area contributed by atoms with Crippen LogP contribution < -0.4 is 15.0 Å². The Labute approximate surface area is 208 Å². The van der Waals surface area contributed by atoms with Crippen molar-refractivity contribution in [3.05, 3.63) is 66.0 Å². The molecule has 1 atom stereocenters. The quantitative estimate of drug-likeness (QED) is 0.391. The van der Waals surface area contributed by atoms with E-state index in [9.17, 15) is 19.5 Å². The fraction of sp³-hybridized carbons (Fsp3) is 0.308. The lowest BCUT2D eigenvalue weighted by Crippen LogP contribution is -2.45. The topological polar surface area (TPSA) is 134 Å². The molecule has 4 rings (SSSR count). The van der Waals surface area contributed by atoms with E-state index in [1.165, 1.54) is 6.20 Å². The summed E-state index contributed by atoms with van der Waals surface area (Å²) in [5.74, 6) is -2.20. The lowest BCUT2D eigenvalue weighted by molar-refractivity contribution is -0.145. The highest BCUT2D eigenvalue weighted by Gasteiger charge is 2.32. The second-order valence-electron chi connectivity index (χ2n) is 8.50. The monoisotopic (exact) mass is 492 g/mol. The van der Waals surface area contributed by atoms with Crippen LogP contribution in [-0.4, -0.2) is 57.0 Å². The standard InChI is InChI=1S/C26H28N4O6/c1-2-8-20-18(15-27-30(20)17-9-4-3-5-10-17)25(33)28-19-11-6-12-21-24(19)36-22(26(34)35)16-29(21)14-7-13-23(31)32/h3-6,9-12,15,22H,2,7-8,13-14,16H2,1H3,(H,28,33)(H,31,32)(H,34,35). The lowest BCUT2D eigenvalue weighted by Gasteiger charge is -2.35. The molecule has 10 heteroatoms. The molecule has 0 aliphatic carbocycles. The summed E-state index contributed by atoms with van der Waals surface area (Å²) in [6.07, 6.45) is 2.13. The number of anilines is 2. The summed E-state index contributed by atoms with van der Waals surface area (Å²) in [6.45, 7) is 2.44. The number of ether oxygens (including phenoxy) is 1. The molecule has 2 heterocycles. The van der Waals surface area contributed by atoms with Crippen molar-refractivity contribution in [1.29, 1.82) is 0 Å². The number of rotatable bonds is 10. The molecule has 1 amide bonds. The van der Waals surface area contributed by atoms with E-state index in [-0.39, 0.29) is 24.6 Å². The predicted octanol–water partition coefficient (Wildman–Crippen LogP) is 3.59. The van der Waals surface area contributed by atoms with E-state index in [1.54, 1.807) is 27.8 Å². The molecule has 1 aliphatic heterocycles. The Morgan fingerprint density at radius 1 is 1.11 bits per heavy atom. The van der Waals surface area contributed by atoms with Crippen molar-refractivity contribution in [2.24, 2.45) is 0 Å². The number of fused-ring (bicyclic) bond motifs is 1. The van der Waals surface area contributed by atoms with Crippen LogP contribution in [-0.2, 0) is 16.0 Å². The molecule has 10 nitrogen and oxygen atoms in total. The average molecular weight is 493 g/mol. The zero-order chi connectivity index (χ0) is 25.7. The first-order valence-electron chi connectivity index (χ1n) is 11.8. The Kier molecular flexibility index (Phi) is 7.53. The Bertz CT molecular complexity index is 1260. The Morgan fingerprint density at radius 2 is 1.89 bits per heavy atom. The summed E-state index contributed by atoms with van der Waals surface area (Å²) in [4.78, 5) is 37.9. The number of carboxylic acid groups (broad SMARTS) is 2. The number of aromatic nitrogens is 2.